The number of hydrogen-bond acceptors (Lipinski definition) is 4. The van der Waals surface area contributed by atoms with Crippen molar-refractivity contribution in [2.45, 2.75) is 19.9 Å². The van der Waals surface area contributed by atoms with Crippen LogP contribution in [0, 0.1) is 5.82 Å². The van der Waals surface area contributed by atoms with Gasteiger partial charge in [-0.3, -0.25) is 9.59 Å². The first-order chi connectivity index (χ1) is 15.4. The minimum Gasteiger partial charge on any atom is -0.368 e. The molecule has 6 nitrogen and oxygen atoms in total. The number of amides is 1. The number of carbonyl (C=O) groups is 1. The maximum atomic E-state index is 13.4. The van der Waals surface area contributed by atoms with Crippen molar-refractivity contribution >= 4 is 23.2 Å². The molecule has 1 aliphatic rings. The molecule has 0 N–H and O–H groups in total. The SMILES string of the molecule is CCc1ccc(-c2ccc(=O)n(CC(=O)N3CCN(c4ccc(F)c(Cl)c4)CC3)n2)cc1. The van der Waals surface area contributed by atoms with E-state index in [1.54, 1.807) is 23.1 Å². The van der Waals surface area contributed by atoms with Crippen LogP contribution in [-0.2, 0) is 17.8 Å². The Morgan fingerprint density at radius 3 is 2.41 bits per heavy atom. The highest BCUT2D eigenvalue weighted by atomic mass is 35.5. The molecule has 0 atom stereocenters. The van der Waals surface area contributed by atoms with Crippen molar-refractivity contribution in [1.82, 2.24) is 14.7 Å². The van der Waals surface area contributed by atoms with E-state index in [4.69, 9.17) is 11.6 Å². The second-order valence-corrected chi connectivity index (χ2v) is 8.14. The maximum absolute atomic E-state index is 13.4. The van der Waals surface area contributed by atoms with E-state index in [1.165, 1.54) is 22.4 Å². The third kappa shape index (κ3) is 4.83. The Balaban J connectivity index is 1.41. The minimum atomic E-state index is -0.453. The third-order valence-corrected chi connectivity index (χ3v) is 6.00. The molecule has 0 bridgehead atoms. The molecule has 8 heteroatoms. The molecule has 1 amide bonds. The van der Waals surface area contributed by atoms with Gasteiger partial charge in [-0.25, -0.2) is 9.07 Å². The Morgan fingerprint density at radius 2 is 1.75 bits per heavy atom. The number of aromatic nitrogens is 2. The highest BCUT2D eigenvalue weighted by Gasteiger charge is 2.22. The lowest BCUT2D eigenvalue weighted by Crippen LogP contribution is -2.50. The second-order valence-electron chi connectivity index (χ2n) is 7.73. The van der Waals surface area contributed by atoms with Gasteiger partial charge in [-0.1, -0.05) is 42.8 Å². The zero-order valence-corrected chi connectivity index (χ0v) is 18.6. The summed E-state index contributed by atoms with van der Waals surface area (Å²) in [5, 5.41) is 4.49. The molecule has 0 spiro atoms. The number of halogens is 2. The van der Waals surface area contributed by atoms with E-state index in [2.05, 4.69) is 16.9 Å². The van der Waals surface area contributed by atoms with Gasteiger partial charge in [0.1, 0.15) is 12.4 Å². The zero-order chi connectivity index (χ0) is 22.7. The number of aryl methyl sites for hydroxylation is 1. The van der Waals surface area contributed by atoms with Gasteiger partial charge in [0.05, 0.1) is 10.7 Å². The molecule has 2 aromatic carbocycles. The van der Waals surface area contributed by atoms with Crippen molar-refractivity contribution in [1.29, 1.82) is 0 Å². The number of benzene rings is 2. The summed E-state index contributed by atoms with van der Waals surface area (Å²) in [6, 6.07) is 15.7. The van der Waals surface area contributed by atoms with Gasteiger partial charge in [0, 0.05) is 43.5 Å². The average Bonchev–Trinajstić information content (AvgIpc) is 2.82. The molecule has 0 radical (unpaired) electrons. The van der Waals surface area contributed by atoms with Gasteiger partial charge in [-0.2, -0.15) is 5.10 Å². The van der Waals surface area contributed by atoms with Gasteiger partial charge in [0.2, 0.25) is 5.91 Å². The number of rotatable bonds is 5. The Kier molecular flexibility index (Phi) is 6.55. The highest BCUT2D eigenvalue weighted by Crippen LogP contribution is 2.23. The molecule has 1 fully saturated rings. The number of hydrogen-bond donors (Lipinski definition) is 0. The molecular weight excluding hydrogens is 431 g/mol. The molecule has 2 heterocycles. The number of piperazine rings is 1. The molecule has 0 saturated carbocycles. The van der Waals surface area contributed by atoms with Gasteiger partial charge in [-0.05, 0) is 36.2 Å². The monoisotopic (exact) mass is 454 g/mol. The van der Waals surface area contributed by atoms with Crippen molar-refractivity contribution in [2.24, 2.45) is 0 Å². The lowest BCUT2D eigenvalue weighted by molar-refractivity contribution is -0.132. The van der Waals surface area contributed by atoms with Crippen molar-refractivity contribution in [3.63, 3.8) is 0 Å². The summed E-state index contributed by atoms with van der Waals surface area (Å²) in [7, 11) is 0. The second kappa shape index (κ2) is 9.53. The predicted molar refractivity (Wildman–Crippen MR) is 124 cm³/mol. The fourth-order valence-electron chi connectivity index (χ4n) is 3.75. The molecule has 1 aromatic heterocycles. The first-order valence-electron chi connectivity index (χ1n) is 10.6. The van der Waals surface area contributed by atoms with E-state index in [0.717, 1.165) is 17.7 Å². The van der Waals surface area contributed by atoms with E-state index in [1.807, 2.05) is 24.3 Å². The Bertz CT molecular complexity index is 1170. The van der Waals surface area contributed by atoms with E-state index in [-0.39, 0.29) is 23.0 Å². The summed E-state index contributed by atoms with van der Waals surface area (Å²) >= 11 is 5.88. The Labute approximate surface area is 190 Å². The quantitative estimate of drug-likeness (QED) is 0.591. The molecule has 4 rings (SSSR count). The number of carbonyl (C=O) groups excluding carboxylic acids is 1. The lowest BCUT2D eigenvalue weighted by atomic mass is 10.1. The van der Waals surface area contributed by atoms with E-state index in [9.17, 15) is 14.0 Å². The number of anilines is 1. The minimum absolute atomic E-state index is 0.0793. The van der Waals surface area contributed by atoms with Crippen molar-refractivity contribution in [2.75, 3.05) is 31.1 Å². The molecule has 166 valence electrons. The van der Waals surface area contributed by atoms with Crippen LogP contribution in [0.1, 0.15) is 12.5 Å². The van der Waals surface area contributed by atoms with E-state index in [0.29, 0.717) is 31.9 Å². The molecule has 0 aliphatic carbocycles. The fourth-order valence-corrected chi connectivity index (χ4v) is 3.93. The van der Waals surface area contributed by atoms with Crippen LogP contribution < -0.4 is 10.5 Å². The van der Waals surface area contributed by atoms with Gasteiger partial charge in [0.25, 0.3) is 5.56 Å². The molecule has 1 saturated heterocycles. The zero-order valence-electron chi connectivity index (χ0n) is 17.8. The normalized spacial score (nSPS) is 14.0. The van der Waals surface area contributed by atoms with Gasteiger partial charge >= 0.3 is 0 Å². The Hall–Kier alpha value is -3.19. The van der Waals surface area contributed by atoms with Crippen LogP contribution in [0.4, 0.5) is 10.1 Å². The van der Waals surface area contributed by atoms with Gasteiger partial charge in [-0.15, -0.1) is 0 Å². The third-order valence-electron chi connectivity index (χ3n) is 5.71. The summed E-state index contributed by atoms with van der Waals surface area (Å²) in [4.78, 5) is 28.9. The maximum Gasteiger partial charge on any atom is 0.267 e. The highest BCUT2D eigenvalue weighted by molar-refractivity contribution is 6.31. The van der Waals surface area contributed by atoms with Crippen LogP contribution in [0.5, 0.6) is 0 Å². The summed E-state index contributed by atoms with van der Waals surface area (Å²) in [6.45, 7) is 4.18. The summed E-state index contributed by atoms with van der Waals surface area (Å²) in [6.07, 6.45) is 0.948. The first-order valence-corrected chi connectivity index (χ1v) is 11.0. The fraction of sp³-hybridized carbons (Fsp3) is 0.292. The van der Waals surface area contributed by atoms with Crippen LogP contribution in [0.2, 0.25) is 5.02 Å². The molecular formula is C24H24ClFN4O2. The van der Waals surface area contributed by atoms with Crippen molar-refractivity contribution in [3.05, 3.63) is 81.4 Å². The largest absolute Gasteiger partial charge is 0.368 e. The van der Waals surface area contributed by atoms with Crippen molar-refractivity contribution in [3.8, 4) is 11.3 Å². The molecule has 3 aromatic rings. The smallest absolute Gasteiger partial charge is 0.267 e. The van der Waals surface area contributed by atoms with Crippen LogP contribution in [-0.4, -0.2) is 46.8 Å². The summed E-state index contributed by atoms with van der Waals surface area (Å²) in [5.41, 5.74) is 3.28. The van der Waals surface area contributed by atoms with E-state index >= 15 is 0 Å². The van der Waals surface area contributed by atoms with Crippen LogP contribution in [0.15, 0.2) is 59.4 Å². The molecule has 1 aliphatic heterocycles. The van der Waals surface area contributed by atoms with Crippen LogP contribution in [0.3, 0.4) is 0 Å². The lowest BCUT2D eigenvalue weighted by Gasteiger charge is -2.36. The van der Waals surface area contributed by atoms with Gasteiger partial charge < -0.3 is 9.80 Å². The molecule has 32 heavy (non-hydrogen) atoms. The Morgan fingerprint density at radius 1 is 1.03 bits per heavy atom. The number of nitrogens with zero attached hydrogens (tertiary/aromatic N) is 4. The summed E-state index contributed by atoms with van der Waals surface area (Å²) < 4.78 is 14.6. The van der Waals surface area contributed by atoms with Gasteiger partial charge in [0.15, 0.2) is 0 Å². The first kappa shape index (κ1) is 22.0. The predicted octanol–water partition coefficient (Wildman–Crippen LogP) is 3.61. The van der Waals surface area contributed by atoms with Crippen molar-refractivity contribution < 1.29 is 9.18 Å². The standard InChI is InChI=1S/C24H24ClFN4O2/c1-2-17-3-5-18(6-4-17)22-9-10-23(31)30(27-22)16-24(32)29-13-11-28(12-14-29)19-7-8-21(26)20(25)15-19/h3-10,15H,2,11-14,16H2,1H3. The van der Waals surface area contributed by atoms with Crippen LogP contribution >= 0.6 is 11.6 Å². The topological polar surface area (TPSA) is 58.4 Å². The summed E-state index contributed by atoms with van der Waals surface area (Å²) in [5.74, 6) is -0.611. The molecule has 0 unspecified atom stereocenters. The average molecular weight is 455 g/mol. The van der Waals surface area contributed by atoms with Crippen LogP contribution in [0.25, 0.3) is 11.3 Å². The van der Waals surface area contributed by atoms with E-state index < -0.39 is 5.82 Å².